The molecule has 1 aromatic heterocycles. The largest absolute Gasteiger partial charge is 0.331 e. The molecule has 1 aromatic rings. The molecular weight excluding hydrogens is 210 g/mol. The summed E-state index contributed by atoms with van der Waals surface area (Å²) in [5.41, 5.74) is 6.98. The Labute approximate surface area is 104 Å². The van der Waals surface area contributed by atoms with E-state index >= 15 is 0 Å². The molecule has 0 bridgehead atoms. The number of hydrogen-bond donors (Lipinski definition) is 1. The number of hydrogen-bond acceptors (Lipinski definition) is 2. The predicted molar refractivity (Wildman–Crippen MR) is 70.9 cm³/mol. The zero-order valence-corrected chi connectivity index (χ0v) is 10.9. The lowest BCUT2D eigenvalue weighted by Crippen LogP contribution is -2.23. The fourth-order valence-electron chi connectivity index (χ4n) is 3.25. The van der Waals surface area contributed by atoms with Gasteiger partial charge in [-0.2, -0.15) is 0 Å². The minimum absolute atomic E-state index is 0.638. The maximum Gasteiger partial charge on any atom is 0.0950 e. The van der Waals surface area contributed by atoms with Crippen molar-refractivity contribution in [3.63, 3.8) is 0 Å². The zero-order valence-electron chi connectivity index (χ0n) is 10.9. The Morgan fingerprint density at radius 1 is 1.41 bits per heavy atom. The average molecular weight is 235 g/mol. The molecule has 3 heteroatoms. The third-order valence-corrected chi connectivity index (χ3v) is 4.12. The van der Waals surface area contributed by atoms with Gasteiger partial charge >= 0.3 is 0 Å². The van der Waals surface area contributed by atoms with E-state index in [1.807, 2.05) is 12.5 Å². The van der Waals surface area contributed by atoms with Crippen molar-refractivity contribution in [3.05, 3.63) is 18.2 Å². The highest BCUT2D eigenvalue weighted by molar-refractivity contribution is 5.02. The lowest BCUT2D eigenvalue weighted by molar-refractivity contribution is 0.239. The SMILES string of the molecule is CCC(C1CCCCC1)n1cncc1CCN. The second-order valence-electron chi connectivity index (χ2n) is 5.20. The Balaban J connectivity index is 2.12. The van der Waals surface area contributed by atoms with E-state index in [0.29, 0.717) is 12.6 Å². The van der Waals surface area contributed by atoms with Crippen molar-refractivity contribution in [2.45, 2.75) is 57.9 Å². The molecule has 1 aliphatic rings. The summed E-state index contributed by atoms with van der Waals surface area (Å²) in [6.45, 7) is 3.01. The van der Waals surface area contributed by atoms with Gasteiger partial charge in [0.05, 0.1) is 6.33 Å². The molecule has 1 saturated carbocycles. The van der Waals surface area contributed by atoms with Crippen molar-refractivity contribution >= 4 is 0 Å². The molecule has 1 aliphatic carbocycles. The number of aromatic nitrogens is 2. The van der Waals surface area contributed by atoms with Crippen LogP contribution in [-0.2, 0) is 6.42 Å². The van der Waals surface area contributed by atoms with Crippen LogP contribution in [0.15, 0.2) is 12.5 Å². The van der Waals surface area contributed by atoms with Gasteiger partial charge in [-0.25, -0.2) is 4.98 Å². The molecule has 0 aromatic carbocycles. The van der Waals surface area contributed by atoms with E-state index in [1.165, 1.54) is 44.2 Å². The smallest absolute Gasteiger partial charge is 0.0950 e. The van der Waals surface area contributed by atoms with E-state index in [1.54, 1.807) is 0 Å². The van der Waals surface area contributed by atoms with E-state index in [4.69, 9.17) is 5.73 Å². The maximum atomic E-state index is 5.67. The Bertz CT molecular complexity index is 326. The van der Waals surface area contributed by atoms with Gasteiger partial charge in [-0.3, -0.25) is 0 Å². The van der Waals surface area contributed by atoms with E-state index in [-0.39, 0.29) is 0 Å². The molecule has 0 spiro atoms. The monoisotopic (exact) mass is 235 g/mol. The highest BCUT2D eigenvalue weighted by Crippen LogP contribution is 2.35. The molecule has 1 heterocycles. The first kappa shape index (κ1) is 12.6. The van der Waals surface area contributed by atoms with Crippen molar-refractivity contribution < 1.29 is 0 Å². The normalized spacial score (nSPS) is 19.4. The van der Waals surface area contributed by atoms with Gasteiger partial charge in [-0.05, 0) is 31.7 Å². The molecule has 0 radical (unpaired) electrons. The fourth-order valence-corrected chi connectivity index (χ4v) is 3.25. The van der Waals surface area contributed by atoms with Gasteiger partial charge in [0, 0.05) is 24.4 Å². The molecule has 0 amide bonds. The molecule has 2 N–H and O–H groups in total. The number of nitrogens with two attached hydrogens (primary N) is 1. The van der Waals surface area contributed by atoms with Gasteiger partial charge in [-0.1, -0.05) is 26.2 Å². The second kappa shape index (κ2) is 6.20. The summed E-state index contributed by atoms with van der Waals surface area (Å²) < 4.78 is 2.39. The molecule has 0 aliphatic heterocycles. The number of imidazole rings is 1. The Morgan fingerprint density at radius 2 is 2.18 bits per heavy atom. The van der Waals surface area contributed by atoms with Gasteiger partial charge in [0.25, 0.3) is 0 Å². The molecule has 96 valence electrons. The van der Waals surface area contributed by atoms with Crippen LogP contribution in [0.3, 0.4) is 0 Å². The molecule has 0 saturated heterocycles. The summed E-state index contributed by atoms with van der Waals surface area (Å²) in [5.74, 6) is 0.847. The van der Waals surface area contributed by atoms with Crippen LogP contribution in [-0.4, -0.2) is 16.1 Å². The summed E-state index contributed by atoms with van der Waals surface area (Å²) >= 11 is 0. The minimum Gasteiger partial charge on any atom is -0.331 e. The van der Waals surface area contributed by atoms with Gasteiger partial charge in [0.15, 0.2) is 0 Å². The third kappa shape index (κ3) is 2.89. The standard InChI is InChI=1S/C14H25N3/c1-2-14(12-6-4-3-5-7-12)17-11-16-10-13(17)8-9-15/h10-12,14H,2-9,15H2,1H3. The predicted octanol–water partition coefficient (Wildman–Crippen LogP) is 2.92. The van der Waals surface area contributed by atoms with E-state index < -0.39 is 0 Å². The third-order valence-electron chi connectivity index (χ3n) is 4.12. The quantitative estimate of drug-likeness (QED) is 0.852. The van der Waals surface area contributed by atoms with Gasteiger partial charge in [0.2, 0.25) is 0 Å². The van der Waals surface area contributed by atoms with E-state index in [2.05, 4.69) is 16.5 Å². The first-order valence-corrected chi connectivity index (χ1v) is 7.07. The van der Waals surface area contributed by atoms with Crippen molar-refractivity contribution in [2.75, 3.05) is 6.54 Å². The lowest BCUT2D eigenvalue weighted by Gasteiger charge is -2.31. The molecule has 3 nitrogen and oxygen atoms in total. The summed E-state index contributed by atoms with van der Waals surface area (Å²) in [7, 11) is 0. The second-order valence-corrected chi connectivity index (χ2v) is 5.20. The highest BCUT2D eigenvalue weighted by atomic mass is 15.1. The van der Waals surface area contributed by atoms with Crippen LogP contribution in [0.5, 0.6) is 0 Å². The molecule has 1 unspecified atom stereocenters. The first-order valence-electron chi connectivity index (χ1n) is 7.07. The van der Waals surface area contributed by atoms with Crippen molar-refractivity contribution in [1.29, 1.82) is 0 Å². The van der Waals surface area contributed by atoms with E-state index in [9.17, 15) is 0 Å². The first-order chi connectivity index (χ1) is 8.36. The van der Waals surface area contributed by atoms with Crippen LogP contribution in [0, 0.1) is 5.92 Å². The topological polar surface area (TPSA) is 43.8 Å². The molecule has 1 fully saturated rings. The Morgan fingerprint density at radius 3 is 2.82 bits per heavy atom. The summed E-state index contributed by atoms with van der Waals surface area (Å²) in [4.78, 5) is 4.31. The Kier molecular flexibility index (Phi) is 4.60. The number of nitrogens with zero attached hydrogens (tertiary/aromatic N) is 2. The fraction of sp³-hybridized carbons (Fsp3) is 0.786. The highest BCUT2D eigenvalue weighted by Gasteiger charge is 2.24. The maximum absolute atomic E-state index is 5.67. The minimum atomic E-state index is 0.638. The van der Waals surface area contributed by atoms with E-state index in [0.717, 1.165) is 12.3 Å². The van der Waals surface area contributed by atoms with Crippen LogP contribution in [0.25, 0.3) is 0 Å². The zero-order chi connectivity index (χ0) is 12.1. The van der Waals surface area contributed by atoms with Gasteiger partial charge in [0.1, 0.15) is 0 Å². The molecule has 17 heavy (non-hydrogen) atoms. The molecule has 2 rings (SSSR count). The van der Waals surface area contributed by atoms with Gasteiger partial charge in [-0.15, -0.1) is 0 Å². The van der Waals surface area contributed by atoms with Crippen molar-refractivity contribution in [2.24, 2.45) is 11.7 Å². The summed E-state index contributed by atoms with van der Waals surface area (Å²) in [6.07, 6.45) is 13.2. The molecule has 1 atom stereocenters. The van der Waals surface area contributed by atoms with Crippen molar-refractivity contribution in [1.82, 2.24) is 9.55 Å². The summed E-state index contributed by atoms with van der Waals surface area (Å²) in [5, 5.41) is 0. The lowest BCUT2D eigenvalue weighted by atomic mass is 9.82. The Hall–Kier alpha value is -0.830. The number of rotatable bonds is 5. The van der Waals surface area contributed by atoms with Crippen LogP contribution >= 0.6 is 0 Å². The summed E-state index contributed by atoms with van der Waals surface area (Å²) in [6, 6.07) is 0.638. The van der Waals surface area contributed by atoms with Crippen LogP contribution in [0.4, 0.5) is 0 Å². The van der Waals surface area contributed by atoms with Crippen LogP contribution in [0.2, 0.25) is 0 Å². The van der Waals surface area contributed by atoms with Crippen LogP contribution in [0.1, 0.15) is 57.2 Å². The van der Waals surface area contributed by atoms with Crippen molar-refractivity contribution in [3.8, 4) is 0 Å². The van der Waals surface area contributed by atoms with Gasteiger partial charge < -0.3 is 10.3 Å². The molecular formula is C14H25N3. The average Bonchev–Trinajstić information content (AvgIpc) is 2.81. The van der Waals surface area contributed by atoms with Crippen LogP contribution < -0.4 is 5.73 Å².